The van der Waals surface area contributed by atoms with Crippen LogP contribution in [-0.2, 0) is 13.0 Å². The van der Waals surface area contributed by atoms with E-state index >= 15 is 0 Å². The summed E-state index contributed by atoms with van der Waals surface area (Å²) in [5, 5.41) is 14.9. The van der Waals surface area contributed by atoms with Gasteiger partial charge in [-0.25, -0.2) is 0 Å². The minimum atomic E-state index is 0.344. The molecule has 0 unspecified atom stereocenters. The first-order valence-corrected chi connectivity index (χ1v) is 6.62. The molecule has 18 heavy (non-hydrogen) atoms. The lowest BCUT2D eigenvalue weighted by Gasteiger charge is -2.06. The Morgan fingerprint density at radius 1 is 1.11 bits per heavy atom. The normalized spacial score (nSPS) is 10.8. The monoisotopic (exact) mass is 244 g/mol. The average molecular weight is 244 g/mol. The Hall–Kier alpha value is -1.77. The predicted octanol–water partition coefficient (Wildman–Crippen LogP) is 3.62. The van der Waals surface area contributed by atoms with E-state index in [2.05, 4.69) is 18.9 Å². The molecule has 0 aliphatic rings. The number of aromatic hydroxyl groups is 1. The molecule has 1 aromatic heterocycles. The van der Waals surface area contributed by atoms with E-state index in [0.29, 0.717) is 5.75 Å². The molecule has 2 rings (SSSR count). The van der Waals surface area contributed by atoms with Gasteiger partial charge < -0.3 is 5.11 Å². The Labute approximate surface area is 108 Å². The molecule has 1 heterocycles. The highest BCUT2D eigenvalue weighted by atomic mass is 16.3. The number of hydrogen-bond donors (Lipinski definition) is 1. The van der Waals surface area contributed by atoms with Gasteiger partial charge in [0.2, 0.25) is 0 Å². The lowest BCUT2D eigenvalue weighted by molar-refractivity contribution is 0.469. The summed E-state index contributed by atoms with van der Waals surface area (Å²) >= 11 is 0. The summed E-state index contributed by atoms with van der Waals surface area (Å²) in [7, 11) is 0. The third kappa shape index (κ3) is 2.40. The second-order valence-corrected chi connectivity index (χ2v) is 4.48. The van der Waals surface area contributed by atoms with Crippen LogP contribution in [0.3, 0.4) is 0 Å². The summed E-state index contributed by atoms with van der Waals surface area (Å²) in [6.45, 7) is 5.05. The number of hydrogen-bond acceptors (Lipinski definition) is 2. The highest BCUT2D eigenvalue weighted by Crippen LogP contribution is 2.32. The van der Waals surface area contributed by atoms with Gasteiger partial charge in [-0.1, -0.05) is 50.6 Å². The summed E-state index contributed by atoms with van der Waals surface area (Å²) in [5.74, 6) is 0.344. The zero-order chi connectivity index (χ0) is 13.0. The first-order chi connectivity index (χ1) is 8.77. The molecular weight excluding hydrogens is 224 g/mol. The van der Waals surface area contributed by atoms with Crippen LogP contribution < -0.4 is 0 Å². The number of nitrogens with zero attached hydrogens (tertiary/aromatic N) is 2. The lowest BCUT2D eigenvalue weighted by atomic mass is 10.1. The largest absolute Gasteiger partial charge is 0.504 e. The number of rotatable bonds is 5. The molecule has 0 amide bonds. The third-order valence-electron chi connectivity index (χ3n) is 2.97. The smallest absolute Gasteiger partial charge is 0.164 e. The topological polar surface area (TPSA) is 38.0 Å². The van der Waals surface area contributed by atoms with E-state index in [4.69, 9.17) is 0 Å². The molecule has 0 saturated carbocycles. The minimum Gasteiger partial charge on any atom is -0.504 e. The van der Waals surface area contributed by atoms with Crippen molar-refractivity contribution in [3.63, 3.8) is 0 Å². The molecule has 0 fully saturated rings. The summed E-state index contributed by atoms with van der Waals surface area (Å²) < 4.78 is 1.93. The van der Waals surface area contributed by atoms with Gasteiger partial charge in [0.05, 0.1) is 0 Å². The Kier molecular flexibility index (Phi) is 4.03. The van der Waals surface area contributed by atoms with Crippen LogP contribution in [-0.4, -0.2) is 14.9 Å². The van der Waals surface area contributed by atoms with Crippen molar-refractivity contribution >= 4 is 0 Å². The third-order valence-corrected chi connectivity index (χ3v) is 2.97. The van der Waals surface area contributed by atoms with Crippen molar-refractivity contribution in [2.24, 2.45) is 0 Å². The molecule has 1 N–H and O–H groups in total. The quantitative estimate of drug-likeness (QED) is 0.872. The minimum absolute atomic E-state index is 0.344. The molecule has 0 aliphatic carbocycles. The van der Waals surface area contributed by atoms with Gasteiger partial charge in [0, 0.05) is 12.1 Å². The fraction of sp³-hybridized carbons (Fsp3) is 0.400. The van der Waals surface area contributed by atoms with Gasteiger partial charge in [-0.2, -0.15) is 5.10 Å². The van der Waals surface area contributed by atoms with Gasteiger partial charge in [0.15, 0.2) is 5.75 Å². The van der Waals surface area contributed by atoms with E-state index in [1.807, 2.05) is 35.0 Å². The van der Waals surface area contributed by atoms with Crippen LogP contribution in [0.5, 0.6) is 5.75 Å². The Balaban J connectivity index is 2.50. The van der Waals surface area contributed by atoms with Crippen LogP contribution in [0.2, 0.25) is 0 Å². The molecular formula is C15H20N2O. The second-order valence-electron chi connectivity index (χ2n) is 4.48. The van der Waals surface area contributed by atoms with Crippen LogP contribution in [0.15, 0.2) is 30.3 Å². The van der Waals surface area contributed by atoms with Crippen molar-refractivity contribution in [3.8, 4) is 17.0 Å². The molecule has 3 heteroatoms. The van der Waals surface area contributed by atoms with Gasteiger partial charge in [-0.15, -0.1) is 0 Å². The molecule has 0 bridgehead atoms. The van der Waals surface area contributed by atoms with Crippen LogP contribution >= 0.6 is 0 Å². The molecule has 0 radical (unpaired) electrons. The average Bonchev–Trinajstić information content (AvgIpc) is 2.68. The van der Waals surface area contributed by atoms with E-state index in [1.165, 1.54) is 0 Å². The van der Waals surface area contributed by atoms with Gasteiger partial charge in [-0.05, 0) is 12.8 Å². The molecule has 0 spiro atoms. The fourth-order valence-electron chi connectivity index (χ4n) is 2.16. The van der Waals surface area contributed by atoms with Crippen molar-refractivity contribution in [1.82, 2.24) is 9.78 Å². The maximum absolute atomic E-state index is 10.3. The van der Waals surface area contributed by atoms with Gasteiger partial charge in [0.1, 0.15) is 11.4 Å². The molecule has 0 aliphatic heterocycles. The van der Waals surface area contributed by atoms with Crippen molar-refractivity contribution in [2.75, 3.05) is 0 Å². The predicted molar refractivity (Wildman–Crippen MR) is 73.6 cm³/mol. The SMILES string of the molecule is CCCc1nn(CCC)c(-c2ccccc2)c1O. The molecule has 0 saturated heterocycles. The molecule has 0 atom stereocenters. The fourth-order valence-corrected chi connectivity index (χ4v) is 2.16. The summed E-state index contributed by atoms with van der Waals surface area (Å²) in [5.41, 5.74) is 2.68. The number of aromatic nitrogens is 2. The van der Waals surface area contributed by atoms with Crippen molar-refractivity contribution in [1.29, 1.82) is 0 Å². The van der Waals surface area contributed by atoms with Crippen molar-refractivity contribution < 1.29 is 5.11 Å². The summed E-state index contributed by atoms with van der Waals surface area (Å²) in [6.07, 6.45) is 2.82. The van der Waals surface area contributed by atoms with E-state index in [-0.39, 0.29) is 0 Å². The molecule has 3 nitrogen and oxygen atoms in total. The Morgan fingerprint density at radius 2 is 1.83 bits per heavy atom. The summed E-state index contributed by atoms with van der Waals surface area (Å²) in [4.78, 5) is 0. The van der Waals surface area contributed by atoms with Crippen LogP contribution in [0.4, 0.5) is 0 Å². The first-order valence-electron chi connectivity index (χ1n) is 6.62. The highest BCUT2D eigenvalue weighted by Gasteiger charge is 2.17. The Morgan fingerprint density at radius 3 is 2.44 bits per heavy atom. The first kappa shape index (κ1) is 12.7. The standard InChI is InChI=1S/C15H20N2O/c1-3-8-13-15(18)14(17(16-13)11-4-2)12-9-6-5-7-10-12/h5-7,9-10,18H,3-4,8,11H2,1-2H3. The number of aryl methyl sites for hydroxylation is 2. The number of benzene rings is 1. The van der Waals surface area contributed by atoms with Crippen LogP contribution in [0, 0.1) is 0 Å². The zero-order valence-electron chi connectivity index (χ0n) is 11.1. The van der Waals surface area contributed by atoms with Gasteiger partial charge >= 0.3 is 0 Å². The van der Waals surface area contributed by atoms with E-state index in [9.17, 15) is 5.11 Å². The van der Waals surface area contributed by atoms with E-state index in [0.717, 1.165) is 42.8 Å². The second kappa shape index (κ2) is 5.71. The zero-order valence-corrected chi connectivity index (χ0v) is 11.1. The van der Waals surface area contributed by atoms with E-state index in [1.54, 1.807) is 0 Å². The molecule has 1 aromatic carbocycles. The van der Waals surface area contributed by atoms with Crippen LogP contribution in [0.25, 0.3) is 11.3 Å². The maximum atomic E-state index is 10.3. The van der Waals surface area contributed by atoms with E-state index < -0.39 is 0 Å². The van der Waals surface area contributed by atoms with Gasteiger partial charge in [-0.3, -0.25) is 4.68 Å². The van der Waals surface area contributed by atoms with Gasteiger partial charge in [0.25, 0.3) is 0 Å². The summed E-state index contributed by atoms with van der Waals surface area (Å²) in [6, 6.07) is 9.97. The molecule has 2 aromatic rings. The maximum Gasteiger partial charge on any atom is 0.164 e. The van der Waals surface area contributed by atoms with Crippen molar-refractivity contribution in [3.05, 3.63) is 36.0 Å². The van der Waals surface area contributed by atoms with Crippen LogP contribution in [0.1, 0.15) is 32.4 Å². The van der Waals surface area contributed by atoms with Crippen molar-refractivity contribution in [2.45, 2.75) is 39.7 Å². The molecule has 96 valence electrons. The highest BCUT2D eigenvalue weighted by molar-refractivity contribution is 5.67. The lowest BCUT2D eigenvalue weighted by Crippen LogP contribution is -2.01. The Bertz CT molecular complexity index is 503.